The summed E-state index contributed by atoms with van der Waals surface area (Å²) in [7, 11) is 1.49. The predicted molar refractivity (Wildman–Crippen MR) is 234 cm³/mol. The van der Waals surface area contributed by atoms with E-state index in [2.05, 4.69) is 13.8 Å². The summed E-state index contributed by atoms with van der Waals surface area (Å²) < 4.78 is 34.3. The fraction of sp³-hybridized carbons (Fsp3) is 0.957. The molecule has 0 aromatic heterocycles. The highest BCUT2D eigenvalue weighted by Crippen LogP contribution is 2.43. The second-order valence-electron chi connectivity index (χ2n) is 17.5. The summed E-state index contributed by atoms with van der Waals surface area (Å²) in [5, 5.41) is 0. The Balaban J connectivity index is 4.12. The van der Waals surface area contributed by atoms with E-state index in [9.17, 15) is 19.0 Å². The Kier molecular flexibility index (Phi) is 38.8. The molecule has 9 nitrogen and oxygen atoms in total. The molecular formula is C46H93NO8P+. The number of carbonyl (C=O) groups excluding carboxylic acids is 2. The van der Waals surface area contributed by atoms with E-state index in [-0.39, 0.29) is 25.6 Å². The van der Waals surface area contributed by atoms with Gasteiger partial charge in [-0.1, -0.05) is 206 Å². The van der Waals surface area contributed by atoms with Gasteiger partial charge in [-0.15, -0.1) is 0 Å². The first-order valence-corrected chi connectivity index (χ1v) is 25.3. The van der Waals surface area contributed by atoms with Crippen LogP contribution >= 0.6 is 7.82 Å². The molecule has 0 aromatic carbocycles. The topological polar surface area (TPSA) is 108 Å². The molecule has 0 spiro atoms. The highest BCUT2D eigenvalue weighted by molar-refractivity contribution is 7.47. The molecule has 0 heterocycles. The quantitative estimate of drug-likeness (QED) is 0.0280. The van der Waals surface area contributed by atoms with Gasteiger partial charge in [0.25, 0.3) is 0 Å². The van der Waals surface area contributed by atoms with Crippen LogP contribution in [0.1, 0.15) is 232 Å². The van der Waals surface area contributed by atoms with E-state index in [1.165, 1.54) is 167 Å². The zero-order valence-electron chi connectivity index (χ0n) is 37.6. The Bertz CT molecular complexity index is 927. The van der Waals surface area contributed by atoms with E-state index in [1.807, 2.05) is 21.1 Å². The van der Waals surface area contributed by atoms with Crippen LogP contribution in [-0.2, 0) is 32.7 Å². The molecule has 0 fully saturated rings. The number of hydrogen-bond acceptors (Lipinski definition) is 7. The third kappa shape index (κ3) is 42.6. The van der Waals surface area contributed by atoms with Gasteiger partial charge in [-0.25, -0.2) is 4.57 Å². The van der Waals surface area contributed by atoms with E-state index in [1.54, 1.807) is 0 Å². The van der Waals surface area contributed by atoms with Crippen molar-refractivity contribution in [1.29, 1.82) is 0 Å². The Morgan fingerprint density at radius 2 is 0.804 bits per heavy atom. The lowest BCUT2D eigenvalue weighted by atomic mass is 10.0. The molecule has 0 aliphatic carbocycles. The molecule has 0 saturated carbocycles. The van der Waals surface area contributed by atoms with Gasteiger partial charge in [-0.05, 0) is 12.8 Å². The van der Waals surface area contributed by atoms with Crippen molar-refractivity contribution < 1.29 is 42.1 Å². The van der Waals surface area contributed by atoms with Gasteiger partial charge in [0.15, 0.2) is 6.10 Å². The number of phosphoric acid groups is 1. The second-order valence-corrected chi connectivity index (χ2v) is 19.0. The number of carbonyl (C=O) groups is 2. The van der Waals surface area contributed by atoms with Gasteiger partial charge in [-0.3, -0.25) is 18.6 Å². The average Bonchev–Trinajstić information content (AvgIpc) is 3.15. The van der Waals surface area contributed by atoms with Crippen molar-refractivity contribution in [3.63, 3.8) is 0 Å². The Morgan fingerprint density at radius 3 is 1.14 bits per heavy atom. The number of ether oxygens (including phenoxy) is 2. The number of nitrogens with zero attached hydrogens (tertiary/aromatic N) is 1. The van der Waals surface area contributed by atoms with Crippen LogP contribution in [0, 0.1) is 0 Å². The van der Waals surface area contributed by atoms with Gasteiger partial charge in [0.05, 0.1) is 27.7 Å². The zero-order chi connectivity index (χ0) is 41.4. The molecule has 0 saturated heterocycles. The molecule has 0 rings (SSSR count). The minimum Gasteiger partial charge on any atom is -0.462 e. The SMILES string of the molecule is CCCCCCCCCCCCCCCCCCCCCCCCCC(=O)O[C@H](COC(=O)CCCCCCCCCCC)COP(=O)(O)OCC[N+](C)(C)C. The lowest BCUT2D eigenvalue weighted by molar-refractivity contribution is -0.870. The van der Waals surface area contributed by atoms with Crippen molar-refractivity contribution in [3.8, 4) is 0 Å². The van der Waals surface area contributed by atoms with Crippen LogP contribution in [0.3, 0.4) is 0 Å². The lowest BCUT2D eigenvalue weighted by Gasteiger charge is -2.24. The first-order valence-electron chi connectivity index (χ1n) is 23.8. The van der Waals surface area contributed by atoms with Crippen molar-refractivity contribution in [3.05, 3.63) is 0 Å². The van der Waals surface area contributed by atoms with Crippen molar-refractivity contribution in [2.75, 3.05) is 47.5 Å². The van der Waals surface area contributed by atoms with E-state index < -0.39 is 26.5 Å². The molecule has 1 unspecified atom stereocenters. The Labute approximate surface area is 346 Å². The van der Waals surface area contributed by atoms with Crippen molar-refractivity contribution >= 4 is 19.8 Å². The summed E-state index contributed by atoms with van der Waals surface area (Å²) in [5.74, 6) is -0.786. The predicted octanol–water partition coefficient (Wildman–Crippen LogP) is 13.6. The molecule has 2 atom stereocenters. The monoisotopic (exact) mass is 819 g/mol. The van der Waals surface area contributed by atoms with Crippen LogP contribution in [0.15, 0.2) is 0 Å². The molecule has 0 aliphatic rings. The number of quaternary nitrogens is 1. The van der Waals surface area contributed by atoms with Gasteiger partial charge in [0, 0.05) is 12.8 Å². The fourth-order valence-corrected chi connectivity index (χ4v) is 7.64. The molecule has 1 N–H and O–H groups in total. The standard InChI is InChI=1S/C46H92NO8P/c1-6-8-10-12-14-16-17-18-19-20-21-22-23-24-25-26-27-28-29-31-33-35-37-39-46(49)55-44(43-54-56(50,51)53-41-40-47(3,4)5)42-52-45(48)38-36-34-32-30-15-13-11-9-7-2/h44H,6-43H2,1-5H3/p+1/t44-/m1/s1. The molecule has 0 radical (unpaired) electrons. The normalized spacial score (nSPS) is 13.5. The Morgan fingerprint density at radius 1 is 0.482 bits per heavy atom. The largest absolute Gasteiger partial charge is 0.472 e. The number of hydrogen-bond donors (Lipinski definition) is 1. The molecule has 0 aromatic rings. The number of likely N-dealkylation sites (N-methyl/N-ethyl adjacent to an activating group) is 1. The fourth-order valence-electron chi connectivity index (χ4n) is 6.90. The van der Waals surface area contributed by atoms with Gasteiger partial charge in [0.2, 0.25) is 0 Å². The minimum atomic E-state index is -4.36. The van der Waals surface area contributed by atoms with Crippen LogP contribution in [-0.4, -0.2) is 74.9 Å². The van der Waals surface area contributed by atoms with Crippen molar-refractivity contribution in [2.24, 2.45) is 0 Å². The molecule has 10 heteroatoms. The maximum Gasteiger partial charge on any atom is 0.472 e. The summed E-state index contributed by atoms with van der Waals surface area (Å²) in [6, 6.07) is 0. The molecule has 0 amide bonds. The summed E-state index contributed by atoms with van der Waals surface area (Å²) in [4.78, 5) is 35.3. The first-order chi connectivity index (χ1) is 27.0. The first kappa shape index (κ1) is 55.0. The molecular weight excluding hydrogens is 725 g/mol. The van der Waals surface area contributed by atoms with Gasteiger partial charge < -0.3 is 18.9 Å². The highest BCUT2D eigenvalue weighted by Gasteiger charge is 2.27. The number of esters is 2. The molecule has 334 valence electrons. The van der Waals surface area contributed by atoms with Crippen molar-refractivity contribution in [1.82, 2.24) is 0 Å². The highest BCUT2D eigenvalue weighted by atomic mass is 31.2. The molecule has 0 bridgehead atoms. The maximum absolute atomic E-state index is 12.7. The van der Waals surface area contributed by atoms with Crippen molar-refractivity contribution in [2.45, 2.75) is 238 Å². The van der Waals surface area contributed by atoms with Crippen LogP contribution < -0.4 is 0 Å². The van der Waals surface area contributed by atoms with Crippen LogP contribution in [0.4, 0.5) is 0 Å². The third-order valence-electron chi connectivity index (χ3n) is 10.6. The van der Waals surface area contributed by atoms with E-state index >= 15 is 0 Å². The minimum absolute atomic E-state index is 0.0367. The average molecular weight is 819 g/mol. The zero-order valence-corrected chi connectivity index (χ0v) is 38.5. The Hall–Kier alpha value is -0.990. The van der Waals surface area contributed by atoms with E-state index in [0.717, 1.165) is 38.5 Å². The second kappa shape index (κ2) is 39.5. The summed E-state index contributed by atoms with van der Waals surface area (Å²) in [6.45, 7) is 4.44. The van der Waals surface area contributed by atoms with Gasteiger partial charge in [-0.2, -0.15) is 0 Å². The lowest BCUT2D eigenvalue weighted by Crippen LogP contribution is -2.37. The summed E-state index contributed by atoms with van der Waals surface area (Å²) in [6.07, 6.45) is 40.2. The maximum atomic E-state index is 12.7. The van der Waals surface area contributed by atoms with Crippen LogP contribution in [0.5, 0.6) is 0 Å². The summed E-state index contributed by atoms with van der Waals surface area (Å²) in [5.41, 5.74) is 0. The smallest absolute Gasteiger partial charge is 0.462 e. The van der Waals surface area contributed by atoms with E-state index in [0.29, 0.717) is 17.4 Å². The molecule has 56 heavy (non-hydrogen) atoms. The summed E-state index contributed by atoms with van der Waals surface area (Å²) >= 11 is 0. The van der Waals surface area contributed by atoms with Gasteiger partial charge in [0.1, 0.15) is 19.8 Å². The van der Waals surface area contributed by atoms with Gasteiger partial charge >= 0.3 is 19.8 Å². The number of phosphoric ester groups is 1. The number of unbranched alkanes of at least 4 members (excludes halogenated alkanes) is 30. The molecule has 0 aliphatic heterocycles. The number of rotatable bonds is 44. The van der Waals surface area contributed by atoms with E-state index in [4.69, 9.17) is 18.5 Å². The van der Waals surface area contributed by atoms with Crippen LogP contribution in [0.2, 0.25) is 0 Å². The van der Waals surface area contributed by atoms with Crippen LogP contribution in [0.25, 0.3) is 0 Å². The third-order valence-corrected chi connectivity index (χ3v) is 11.6.